The van der Waals surface area contributed by atoms with Gasteiger partial charge in [0.1, 0.15) is 0 Å². The first kappa shape index (κ1) is 8.50. The number of thiophene rings is 1. The number of pyridine rings is 1. The molecule has 0 saturated heterocycles. The fourth-order valence-electron chi connectivity index (χ4n) is 2.88. The van der Waals surface area contributed by atoms with E-state index < -0.39 is 6.85 Å². The number of nitrogens with zero attached hydrogens (tertiary/aromatic N) is 1. The van der Waals surface area contributed by atoms with E-state index >= 15 is 0 Å². The van der Waals surface area contributed by atoms with Crippen LogP contribution in [0.4, 0.5) is 0 Å². The Balaban J connectivity index is 2.05. The second kappa shape index (κ2) is 4.81. The van der Waals surface area contributed by atoms with Gasteiger partial charge in [0.15, 0.2) is 0 Å². The molecule has 21 heavy (non-hydrogen) atoms. The van der Waals surface area contributed by atoms with E-state index in [2.05, 4.69) is 30.1 Å². The molecule has 104 valence electrons. The van der Waals surface area contributed by atoms with Gasteiger partial charge in [-0.15, -0.1) is 11.3 Å². The third-order valence-electron chi connectivity index (χ3n) is 3.89. The van der Waals surface area contributed by atoms with E-state index in [1.54, 1.807) is 11.3 Å². The molecule has 0 N–H and O–H groups in total. The fourth-order valence-corrected chi connectivity index (χ4v) is 4.23. The lowest BCUT2D eigenvalue weighted by molar-refractivity contribution is 1.06. The maximum Gasteiger partial charge on any atom is 0.0676 e. The predicted molar refractivity (Wildman–Crippen MR) is 91.0 cm³/mol. The molecule has 2 aromatic heterocycles. The van der Waals surface area contributed by atoms with Gasteiger partial charge in [-0.3, -0.25) is 4.98 Å². The van der Waals surface area contributed by atoms with Crippen molar-refractivity contribution in [2.75, 3.05) is 0 Å². The Bertz CT molecular complexity index is 1160. The first-order valence-electron chi connectivity index (χ1n) is 9.47. The van der Waals surface area contributed by atoms with Gasteiger partial charge < -0.3 is 0 Å². The molecule has 0 saturated carbocycles. The molecule has 0 radical (unpaired) electrons. The van der Waals surface area contributed by atoms with Gasteiger partial charge in [0.25, 0.3) is 0 Å². The summed E-state index contributed by atoms with van der Waals surface area (Å²) in [6.07, 6.45) is 5.05. The lowest BCUT2D eigenvalue weighted by Gasteiger charge is -2.08. The van der Waals surface area contributed by atoms with Gasteiger partial charge in [0, 0.05) is 24.9 Å². The maximum atomic E-state index is 8.34. The van der Waals surface area contributed by atoms with Gasteiger partial charge in [-0.2, -0.15) is 0 Å². The van der Waals surface area contributed by atoms with Crippen LogP contribution in [0.15, 0.2) is 36.5 Å². The van der Waals surface area contributed by atoms with Crippen LogP contribution in [0.25, 0.3) is 21.7 Å². The number of aromatic nitrogens is 1. The monoisotopic (exact) mass is 296 g/mol. The van der Waals surface area contributed by atoms with Crippen LogP contribution in [0.2, 0.25) is 0 Å². The number of aryl methyl sites for hydroxylation is 2. The molecule has 3 aromatic rings. The molecule has 2 heterocycles. The minimum Gasteiger partial charge on any atom is -0.256 e. The van der Waals surface area contributed by atoms with E-state index in [0.717, 1.165) is 22.9 Å². The fraction of sp³-hybridized carbons (Fsp3) is 0.211. The molecule has 4 rings (SSSR count). The van der Waals surface area contributed by atoms with Crippen LogP contribution in [0, 0.1) is 13.8 Å². The first-order valence-corrected chi connectivity index (χ1v) is 7.79. The molecule has 0 spiro atoms. The van der Waals surface area contributed by atoms with Gasteiger partial charge in [-0.25, -0.2) is 0 Å². The predicted octanol–water partition coefficient (Wildman–Crippen LogP) is 3.69. The van der Waals surface area contributed by atoms with E-state index in [1.807, 2.05) is 6.07 Å². The molecule has 2 heteroatoms. The van der Waals surface area contributed by atoms with E-state index in [-0.39, 0.29) is 17.6 Å². The molecule has 0 aliphatic heterocycles. The zero-order valence-corrected chi connectivity index (χ0v) is 12.5. The molecular formula is C19H17NS. The number of hydrogen-bond acceptors (Lipinski definition) is 2. The second-order valence-corrected chi connectivity index (χ2v) is 6.31. The summed E-state index contributed by atoms with van der Waals surface area (Å²) in [4.78, 5) is 4.31. The summed E-state index contributed by atoms with van der Waals surface area (Å²) in [5, 5.41) is 2.38. The molecule has 0 fully saturated rings. The van der Waals surface area contributed by atoms with E-state index in [9.17, 15) is 0 Å². The van der Waals surface area contributed by atoms with Gasteiger partial charge in [-0.05, 0) is 54.6 Å². The normalized spacial score (nSPS) is 18.1. The van der Waals surface area contributed by atoms with Crippen LogP contribution in [-0.2, 0) is 0 Å². The van der Waals surface area contributed by atoms with Gasteiger partial charge >= 0.3 is 0 Å². The molecule has 1 aromatic carbocycles. The van der Waals surface area contributed by atoms with Crippen molar-refractivity contribution in [1.29, 1.82) is 0 Å². The Morgan fingerprint density at radius 3 is 3.19 bits per heavy atom. The average molecular weight is 296 g/mol. The summed E-state index contributed by atoms with van der Waals surface area (Å²) >= 11 is 1.69. The SMILES string of the molecule is [2H]c1c(C([2H])([2H])[2H])cnc(C2=c3sc4c(C)cccc4c3=CCC2)c1[2H]. The highest BCUT2D eigenvalue weighted by Crippen LogP contribution is 2.23. The maximum absolute atomic E-state index is 8.34. The van der Waals surface area contributed by atoms with Crippen molar-refractivity contribution in [1.82, 2.24) is 4.98 Å². The molecule has 1 aliphatic rings. The summed E-state index contributed by atoms with van der Waals surface area (Å²) in [5.74, 6) is 0. The quantitative estimate of drug-likeness (QED) is 0.667. The van der Waals surface area contributed by atoms with E-state index in [4.69, 9.17) is 6.85 Å². The number of fused-ring (bicyclic) bond motifs is 3. The zero-order chi connectivity index (χ0) is 18.6. The van der Waals surface area contributed by atoms with Gasteiger partial charge in [0.05, 0.1) is 8.44 Å². The van der Waals surface area contributed by atoms with Crippen LogP contribution in [0.1, 0.15) is 36.5 Å². The van der Waals surface area contributed by atoms with E-state index in [1.165, 1.54) is 27.1 Å². The summed E-state index contributed by atoms with van der Waals surface area (Å²) in [7, 11) is 0. The highest BCUT2D eigenvalue weighted by atomic mass is 32.1. The minimum absolute atomic E-state index is 0.101. The molecule has 0 atom stereocenters. The topological polar surface area (TPSA) is 12.9 Å². The van der Waals surface area contributed by atoms with Crippen molar-refractivity contribution in [3.05, 3.63) is 63.1 Å². The molecule has 1 nitrogen and oxygen atoms in total. The summed E-state index contributed by atoms with van der Waals surface area (Å²) in [5.41, 5.74) is 2.43. The standard InChI is InChI=1S/C19H17NS/c1-12-9-10-17(20-11-12)16-8-4-7-15-14-6-3-5-13(2)18(14)21-19(15)16/h3,5-7,9-11H,4,8H2,1-2H3/i1D3,9D,10D. The van der Waals surface area contributed by atoms with Crippen molar-refractivity contribution in [2.45, 2.75) is 26.6 Å². The second-order valence-electron chi connectivity index (χ2n) is 5.29. The molecule has 0 unspecified atom stereocenters. The zero-order valence-electron chi connectivity index (χ0n) is 16.7. The van der Waals surface area contributed by atoms with Gasteiger partial charge in [0.2, 0.25) is 0 Å². The molecule has 1 aliphatic carbocycles. The summed E-state index contributed by atoms with van der Waals surface area (Å²) in [6.45, 7) is -0.339. The smallest absolute Gasteiger partial charge is 0.0676 e. The summed E-state index contributed by atoms with van der Waals surface area (Å²) < 4.78 is 41.3. The molecule has 0 amide bonds. The highest BCUT2D eigenvalue weighted by molar-refractivity contribution is 7.17. The Kier molecular flexibility index (Phi) is 1.95. The lowest BCUT2D eigenvalue weighted by atomic mass is 10.00. The van der Waals surface area contributed by atoms with Crippen molar-refractivity contribution in [3.63, 3.8) is 0 Å². The Morgan fingerprint density at radius 1 is 1.33 bits per heavy atom. The Morgan fingerprint density at radius 2 is 2.29 bits per heavy atom. The van der Waals surface area contributed by atoms with Crippen LogP contribution in [0.5, 0.6) is 0 Å². The lowest BCUT2D eigenvalue weighted by Crippen LogP contribution is -2.25. The van der Waals surface area contributed by atoms with Crippen LogP contribution in [0.3, 0.4) is 0 Å². The number of benzene rings is 1. The van der Waals surface area contributed by atoms with Crippen molar-refractivity contribution < 1.29 is 6.85 Å². The number of hydrogen-bond donors (Lipinski definition) is 0. The van der Waals surface area contributed by atoms with E-state index in [0.29, 0.717) is 5.69 Å². The van der Waals surface area contributed by atoms with Crippen molar-refractivity contribution in [2.24, 2.45) is 0 Å². The Hall–Kier alpha value is -1.93. The number of rotatable bonds is 1. The third-order valence-corrected chi connectivity index (χ3v) is 5.31. The van der Waals surface area contributed by atoms with Crippen LogP contribution in [-0.4, -0.2) is 4.98 Å². The van der Waals surface area contributed by atoms with Crippen LogP contribution >= 0.6 is 11.3 Å². The van der Waals surface area contributed by atoms with Crippen molar-refractivity contribution >= 4 is 33.1 Å². The molecule has 0 bridgehead atoms. The molecular weight excluding hydrogens is 274 g/mol. The third kappa shape index (κ3) is 2.02. The first-order chi connectivity index (χ1) is 12.3. The largest absolute Gasteiger partial charge is 0.256 e. The Labute approximate surface area is 135 Å². The average Bonchev–Trinajstić information content (AvgIpc) is 2.97. The van der Waals surface area contributed by atoms with Gasteiger partial charge in [-0.1, -0.05) is 30.3 Å². The van der Waals surface area contributed by atoms with Crippen LogP contribution < -0.4 is 9.75 Å². The highest BCUT2D eigenvalue weighted by Gasteiger charge is 2.13. The summed E-state index contributed by atoms with van der Waals surface area (Å²) in [6, 6.07) is 5.89. The van der Waals surface area contributed by atoms with Crippen molar-refractivity contribution in [3.8, 4) is 0 Å². The minimum atomic E-state index is -2.43.